The van der Waals surface area contributed by atoms with Gasteiger partial charge in [-0.05, 0) is 126 Å². The lowest BCUT2D eigenvalue weighted by molar-refractivity contribution is 0.590. The van der Waals surface area contributed by atoms with Gasteiger partial charge in [-0.1, -0.05) is 172 Å². The summed E-state index contributed by atoms with van der Waals surface area (Å²) in [7, 11) is 0.788. The van der Waals surface area contributed by atoms with Crippen LogP contribution in [0.4, 0.5) is 11.4 Å². The molecule has 0 atom stereocenters. The van der Waals surface area contributed by atoms with E-state index in [9.17, 15) is 0 Å². The minimum Gasteiger partial charge on any atom is -0.355 e. The van der Waals surface area contributed by atoms with Crippen LogP contribution in [-0.2, 0) is 21.7 Å². The highest BCUT2D eigenvalue weighted by Gasteiger charge is 2.44. The van der Waals surface area contributed by atoms with E-state index >= 15 is 0 Å². The zero-order valence-corrected chi connectivity index (χ0v) is 41.7. The Morgan fingerprint density at radius 1 is 0.588 bits per heavy atom. The average molecular weight is 898 g/mol. The summed E-state index contributed by atoms with van der Waals surface area (Å²) in [6, 6.07) is 55.4. The summed E-state index contributed by atoms with van der Waals surface area (Å²) in [6.07, 6.45) is 0. The quantitative estimate of drug-likeness (QED) is 0.178. The van der Waals surface area contributed by atoms with Gasteiger partial charge in [0.15, 0.2) is 7.28 Å². The maximum absolute atomic E-state index is 5.33. The predicted octanol–water partition coefficient (Wildman–Crippen LogP) is 15.4. The molecule has 0 amide bonds. The lowest BCUT2D eigenvalue weighted by Gasteiger charge is -2.31. The second-order valence-electron chi connectivity index (χ2n) is 22.9. The maximum Gasteiger partial charge on any atom is 0.198 e. The SMILES string of the molecule is CC(C)(C)c1ccc(Nc2cc3c(cc2-c2c4c(c5c6cc(C(C)(C)C)ccc6n6c5c2Bc2cc5nc(-c7ccccc7)sc5cc2-6)-c2ccccc2C4(C)C)-c2ccccc2C3(C)C)cc1. The van der Waals surface area contributed by atoms with Crippen molar-refractivity contribution < 1.29 is 0 Å². The second-order valence-corrected chi connectivity index (χ2v) is 23.9. The zero-order valence-electron chi connectivity index (χ0n) is 40.9. The summed E-state index contributed by atoms with van der Waals surface area (Å²) in [6.45, 7) is 23.7. The van der Waals surface area contributed by atoms with Crippen LogP contribution in [0.5, 0.6) is 0 Å². The van der Waals surface area contributed by atoms with Crippen LogP contribution in [0.2, 0.25) is 0 Å². The molecule has 13 rings (SSSR count). The van der Waals surface area contributed by atoms with Gasteiger partial charge in [0.2, 0.25) is 0 Å². The minimum atomic E-state index is -0.298. The maximum atomic E-state index is 5.33. The first-order valence-corrected chi connectivity index (χ1v) is 25.2. The van der Waals surface area contributed by atoms with Crippen LogP contribution in [0.1, 0.15) is 103 Å². The Morgan fingerprint density at radius 2 is 1.25 bits per heavy atom. The lowest BCUT2D eigenvalue weighted by atomic mass is 9.57. The van der Waals surface area contributed by atoms with Crippen molar-refractivity contribution in [1.29, 1.82) is 0 Å². The van der Waals surface area contributed by atoms with Gasteiger partial charge >= 0.3 is 0 Å². The first-order chi connectivity index (χ1) is 32.5. The van der Waals surface area contributed by atoms with Gasteiger partial charge < -0.3 is 9.88 Å². The topological polar surface area (TPSA) is 29.9 Å². The van der Waals surface area contributed by atoms with Gasteiger partial charge in [-0.15, -0.1) is 11.3 Å². The minimum absolute atomic E-state index is 0.0212. The fraction of sp³-hybridized carbons (Fsp3) is 0.222. The number of nitrogens with zero attached hydrogens (tertiary/aromatic N) is 2. The Bertz CT molecular complexity index is 3790. The molecule has 68 heavy (non-hydrogen) atoms. The molecule has 0 spiro atoms. The third kappa shape index (κ3) is 5.81. The van der Waals surface area contributed by atoms with Gasteiger partial charge in [0, 0.05) is 55.3 Å². The van der Waals surface area contributed by atoms with Crippen molar-refractivity contribution in [1.82, 2.24) is 9.55 Å². The van der Waals surface area contributed by atoms with E-state index in [1.807, 2.05) is 0 Å². The monoisotopic (exact) mass is 897 g/mol. The first kappa shape index (κ1) is 41.5. The van der Waals surface area contributed by atoms with E-state index in [0.717, 1.165) is 34.7 Å². The first-order valence-electron chi connectivity index (χ1n) is 24.4. The Labute approximate surface area is 405 Å². The fourth-order valence-corrected chi connectivity index (χ4v) is 13.3. The van der Waals surface area contributed by atoms with Crippen molar-refractivity contribution in [2.45, 2.75) is 90.9 Å². The third-order valence-corrected chi connectivity index (χ3v) is 17.0. The summed E-state index contributed by atoms with van der Waals surface area (Å²) >= 11 is 1.80. The number of thiazole rings is 1. The van der Waals surface area contributed by atoms with Crippen LogP contribution in [0, 0.1) is 0 Å². The highest BCUT2D eigenvalue weighted by molar-refractivity contribution is 7.21. The van der Waals surface area contributed by atoms with Crippen molar-refractivity contribution in [3.05, 3.63) is 179 Å². The van der Waals surface area contributed by atoms with E-state index in [-0.39, 0.29) is 21.7 Å². The van der Waals surface area contributed by atoms with Gasteiger partial charge in [0.25, 0.3) is 0 Å². The lowest BCUT2D eigenvalue weighted by Crippen LogP contribution is -2.38. The summed E-state index contributed by atoms with van der Waals surface area (Å²) in [5.41, 5.74) is 26.8. The zero-order chi connectivity index (χ0) is 46.8. The molecule has 2 aliphatic carbocycles. The number of rotatable bonds is 4. The number of hydrogen-bond donors (Lipinski definition) is 1. The van der Waals surface area contributed by atoms with E-state index in [1.165, 1.54) is 110 Å². The van der Waals surface area contributed by atoms with E-state index in [0.29, 0.717) is 0 Å². The molecular weight excluding hydrogens is 842 g/mol. The number of hydrogen-bond acceptors (Lipinski definition) is 3. The number of benzene rings is 8. The predicted molar refractivity (Wildman–Crippen MR) is 294 cm³/mol. The van der Waals surface area contributed by atoms with E-state index in [1.54, 1.807) is 11.3 Å². The molecule has 0 saturated carbocycles. The van der Waals surface area contributed by atoms with E-state index in [2.05, 4.69) is 225 Å². The van der Waals surface area contributed by atoms with Crippen LogP contribution in [0.3, 0.4) is 0 Å². The number of aromatic nitrogens is 2. The fourth-order valence-electron chi connectivity index (χ4n) is 12.3. The molecule has 10 aromatic rings. The second kappa shape index (κ2) is 14.0. The number of fused-ring (bicyclic) bond motifs is 13. The standard InChI is InChI=1S/C63H56BN3S/c1-60(2,3)36-24-27-38(28-25-36)65-48-32-46-41(39-20-14-16-22-44(39)62(46,7)8)31-42(48)55-56-53(40-21-15-17-23-45(40)63(56,9)10)54-43-30-37(61(4,5)6)26-29-50(43)67-51-34-52-49(33-47(51)64-57(55)58(54)67)66-59(68-52)35-18-12-11-13-19-35/h11-34,64-65H,1-10H3. The Hall–Kier alpha value is -6.69. The summed E-state index contributed by atoms with van der Waals surface area (Å²) in [4.78, 5) is 5.33. The average Bonchev–Trinajstić information content (AvgIpc) is 4.02. The molecule has 0 bridgehead atoms. The molecule has 2 aromatic heterocycles. The summed E-state index contributed by atoms with van der Waals surface area (Å²) < 4.78 is 3.86. The smallest absolute Gasteiger partial charge is 0.198 e. The molecule has 0 unspecified atom stereocenters. The van der Waals surface area contributed by atoms with Crippen molar-refractivity contribution in [3.63, 3.8) is 0 Å². The Kier molecular flexibility index (Phi) is 8.52. The molecule has 3 nitrogen and oxygen atoms in total. The van der Waals surface area contributed by atoms with Crippen molar-refractivity contribution in [2.24, 2.45) is 0 Å². The normalized spacial score (nSPS) is 15.0. The third-order valence-electron chi connectivity index (χ3n) is 15.9. The van der Waals surface area contributed by atoms with Gasteiger partial charge in [0.1, 0.15) is 5.01 Å². The molecule has 0 radical (unpaired) electrons. The Balaban J connectivity index is 1.18. The molecule has 0 saturated heterocycles. The molecule has 0 fully saturated rings. The van der Waals surface area contributed by atoms with Crippen LogP contribution in [-0.4, -0.2) is 16.8 Å². The van der Waals surface area contributed by atoms with Crippen molar-refractivity contribution >= 4 is 72.9 Å². The molecule has 3 heterocycles. The van der Waals surface area contributed by atoms with Crippen molar-refractivity contribution in [3.8, 4) is 49.6 Å². The molecular formula is C63H56BN3S. The Morgan fingerprint density at radius 3 is 1.97 bits per heavy atom. The number of anilines is 2. The summed E-state index contributed by atoms with van der Waals surface area (Å²) in [5, 5.41) is 7.87. The van der Waals surface area contributed by atoms with Gasteiger partial charge in [-0.2, -0.15) is 0 Å². The molecule has 1 aliphatic heterocycles. The summed E-state index contributed by atoms with van der Waals surface area (Å²) in [5.74, 6) is 0. The highest BCUT2D eigenvalue weighted by atomic mass is 32.1. The molecule has 5 heteroatoms. The van der Waals surface area contributed by atoms with Gasteiger partial charge in [0.05, 0.1) is 15.7 Å². The largest absolute Gasteiger partial charge is 0.355 e. The number of nitrogens with one attached hydrogen (secondary N) is 1. The van der Waals surface area contributed by atoms with Crippen LogP contribution in [0.15, 0.2) is 146 Å². The molecule has 8 aromatic carbocycles. The molecule has 332 valence electrons. The van der Waals surface area contributed by atoms with Gasteiger partial charge in [-0.3, -0.25) is 0 Å². The van der Waals surface area contributed by atoms with Crippen LogP contribution < -0.4 is 16.2 Å². The molecule has 3 aliphatic rings. The van der Waals surface area contributed by atoms with Crippen LogP contribution >= 0.6 is 11.3 Å². The molecule has 1 N–H and O–H groups in total. The van der Waals surface area contributed by atoms with E-state index < -0.39 is 0 Å². The van der Waals surface area contributed by atoms with E-state index in [4.69, 9.17) is 4.98 Å². The van der Waals surface area contributed by atoms with Crippen LogP contribution in [0.25, 0.3) is 81.7 Å². The highest BCUT2D eigenvalue weighted by Crippen LogP contribution is 2.59. The van der Waals surface area contributed by atoms with Gasteiger partial charge in [-0.25, -0.2) is 4.98 Å². The van der Waals surface area contributed by atoms with Crippen molar-refractivity contribution in [2.75, 3.05) is 5.32 Å².